The van der Waals surface area contributed by atoms with Gasteiger partial charge in [0.25, 0.3) is 0 Å². The van der Waals surface area contributed by atoms with Gasteiger partial charge in [-0.1, -0.05) is 0 Å². The van der Waals surface area contributed by atoms with Gasteiger partial charge in [-0.25, -0.2) is 0 Å². The molecule has 0 aliphatic carbocycles. The Balaban J connectivity index is 1.94. The molecule has 2 saturated heterocycles. The number of ether oxygens (including phenoxy) is 1. The number of nitrogens with zero attached hydrogens (tertiary/aromatic N) is 1. The average molecular weight is 184 g/mol. The lowest BCUT2D eigenvalue weighted by molar-refractivity contribution is 0.0813. The van der Waals surface area contributed by atoms with Gasteiger partial charge < -0.3 is 10.1 Å². The third-order valence-corrected chi connectivity index (χ3v) is 3.19. The fourth-order valence-corrected chi connectivity index (χ4v) is 2.34. The minimum absolute atomic E-state index is 0.636. The third-order valence-electron chi connectivity index (χ3n) is 3.19. The van der Waals surface area contributed by atoms with Crippen LogP contribution in [0.15, 0.2) is 0 Å². The zero-order chi connectivity index (χ0) is 9.26. The van der Waals surface area contributed by atoms with E-state index in [0.29, 0.717) is 18.1 Å². The predicted octanol–water partition coefficient (Wildman–Crippen LogP) is 0.457. The van der Waals surface area contributed by atoms with Crippen LogP contribution in [0.5, 0.6) is 0 Å². The largest absolute Gasteiger partial charge is 0.380 e. The van der Waals surface area contributed by atoms with Crippen molar-refractivity contribution in [1.82, 2.24) is 10.2 Å². The number of piperazine rings is 1. The zero-order valence-electron chi connectivity index (χ0n) is 8.62. The van der Waals surface area contributed by atoms with Gasteiger partial charge in [-0.3, -0.25) is 4.90 Å². The second kappa shape index (κ2) is 3.95. The van der Waals surface area contributed by atoms with Crippen molar-refractivity contribution >= 4 is 0 Å². The van der Waals surface area contributed by atoms with Crippen LogP contribution in [-0.4, -0.2) is 49.3 Å². The number of hydrogen-bond donors (Lipinski definition) is 1. The van der Waals surface area contributed by atoms with Crippen molar-refractivity contribution in [3.05, 3.63) is 0 Å². The Kier molecular flexibility index (Phi) is 2.86. The van der Waals surface area contributed by atoms with Crippen molar-refractivity contribution < 1.29 is 4.74 Å². The summed E-state index contributed by atoms with van der Waals surface area (Å²) in [6.45, 7) is 8.76. The van der Waals surface area contributed by atoms with Gasteiger partial charge in [0.15, 0.2) is 0 Å². The second-order valence-electron chi connectivity index (χ2n) is 4.37. The molecule has 2 rings (SSSR count). The summed E-state index contributed by atoms with van der Waals surface area (Å²) in [5.41, 5.74) is 0. The molecule has 0 radical (unpaired) electrons. The number of nitrogens with one attached hydrogen (secondary N) is 1. The summed E-state index contributed by atoms with van der Waals surface area (Å²) in [6, 6.07) is 1.99. The Morgan fingerprint density at radius 2 is 2.23 bits per heavy atom. The molecule has 3 heteroatoms. The molecule has 0 saturated carbocycles. The van der Waals surface area contributed by atoms with Crippen molar-refractivity contribution in [2.75, 3.05) is 26.3 Å². The van der Waals surface area contributed by atoms with Crippen molar-refractivity contribution in [3.63, 3.8) is 0 Å². The monoisotopic (exact) mass is 184 g/mol. The van der Waals surface area contributed by atoms with Crippen LogP contribution in [0.4, 0.5) is 0 Å². The third kappa shape index (κ3) is 2.03. The predicted molar refractivity (Wildman–Crippen MR) is 52.9 cm³/mol. The van der Waals surface area contributed by atoms with Gasteiger partial charge in [0.2, 0.25) is 0 Å². The average Bonchev–Trinajstić information content (AvgIpc) is 2.61. The smallest absolute Gasteiger partial charge is 0.0622 e. The molecule has 0 aromatic carbocycles. The van der Waals surface area contributed by atoms with Crippen molar-refractivity contribution in [1.29, 1.82) is 0 Å². The van der Waals surface area contributed by atoms with E-state index in [4.69, 9.17) is 4.74 Å². The summed E-state index contributed by atoms with van der Waals surface area (Å²) in [4.78, 5) is 2.61. The van der Waals surface area contributed by atoms with E-state index in [1.54, 1.807) is 0 Å². The standard InChI is InChI=1S/C10H20N2O/c1-8-6-12(9(2)5-11-8)10-3-4-13-7-10/h8-11H,3-7H2,1-2H3. The maximum atomic E-state index is 5.43. The van der Waals surface area contributed by atoms with Gasteiger partial charge >= 0.3 is 0 Å². The first-order valence-electron chi connectivity index (χ1n) is 5.34. The minimum Gasteiger partial charge on any atom is -0.380 e. The van der Waals surface area contributed by atoms with Crippen molar-refractivity contribution in [3.8, 4) is 0 Å². The van der Waals surface area contributed by atoms with E-state index < -0.39 is 0 Å². The maximum absolute atomic E-state index is 5.43. The van der Waals surface area contributed by atoms with Crippen LogP contribution in [0, 0.1) is 0 Å². The first-order valence-corrected chi connectivity index (χ1v) is 5.34. The van der Waals surface area contributed by atoms with E-state index in [1.807, 2.05) is 0 Å². The number of hydrogen-bond acceptors (Lipinski definition) is 3. The van der Waals surface area contributed by atoms with Crippen LogP contribution < -0.4 is 5.32 Å². The molecule has 0 aromatic rings. The van der Waals surface area contributed by atoms with E-state index in [2.05, 4.69) is 24.1 Å². The van der Waals surface area contributed by atoms with E-state index in [1.165, 1.54) is 13.0 Å². The zero-order valence-corrected chi connectivity index (χ0v) is 8.62. The SMILES string of the molecule is CC1CN(C2CCOC2)C(C)CN1. The molecule has 76 valence electrons. The van der Waals surface area contributed by atoms with Gasteiger partial charge in [-0.15, -0.1) is 0 Å². The van der Waals surface area contributed by atoms with E-state index >= 15 is 0 Å². The maximum Gasteiger partial charge on any atom is 0.0622 e. The molecule has 3 atom stereocenters. The fraction of sp³-hybridized carbons (Fsp3) is 1.00. The summed E-state index contributed by atoms with van der Waals surface area (Å²) in [5.74, 6) is 0. The Hall–Kier alpha value is -0.120. The Labute approximate surface area is 80.4 Å². The Morgan fingerprint density at radius 1 is 1.38 bits per heavy atom. The van der Waals surface area contributed by atoms with Crippen LogP contribution in [0.1, 0.15) is 20.3 Å². The van der Waals surface area contributed by atoms with Crippen LogP contribution in [0.3, 0.4) is 0 Å². The highest BCUT2D eigenvalue weighted by atomic mass is 16.5. The van der Waals surface area contributed by atoms with E-state index in [0.717, 1.165) is 19.8 Å². The quantitative estimate of drug-likeness (QED) is 0.640. The van der Waals surface area contributed by atoms with Gasteiger partial charge in [0.1, 0.15) is 0 Å². The van der Waals surface area contributed by atoms with Gasteiger partial charge in [-0.05, 0) is 20.3 Å². The molecule has 0 aromatic heterocycles. The highest BCUT2D eigenvalue weighted by molar-refractivity contribution is 4.87. The van der Waals surface area contributed by atoms with Crippen LogP contribution >= 0.6 is 0 Å². The van der Waals surface area contributed by atoms with Gasteiger partial charge in [0.05, 0.1) is 6.61 Å². The molecule has 2 heterocycles. The molecular formula is C10H20N2O. The Morgan fingerprint density at radius 3 is 2.92 bits per heavy atom. The molecule has 3 unspecified atom stereocenters. The first kappa shape index (κ1) is 9.44. The van der Waals surface area contributed by atoms with Crippen LogP contribution in [0.25, 0.3) is 0 Å². The van der Waals surface area contributed by atoms with E-state index in [9.17, 15) is 0 Å². The lowest BCUT2D eigenvalue weighted by atomic mass is 10.1. The highest BCUT2D eigenvalue weighted by Crippen LogP contribution is 2.17. The molecule has 2 fully saturated rings. The summed E-state index contributed by atoms with van der Waals surface area (Å²) in [7, 11) is 0. The molecule has 3 nitrogen and oxygen atoms in total. The van der Waals surface area contributed by atoms with Crippen molar-refractivity contribution in [2.45, 2.75) is 38.4 Å². The molecule has 0 bridgehead atoms. The van der Waals surface area contributed by atoms with Crippen LogP contribution in [-0.2, 0) is 4.74 Å². The summed E-state index contributed by atoms with van der Waals surface area (Å²) >= 11 is 0. The van der Waals surface area contributed by atoms with E-state index in [-0.39, 0.29) is 0 Å². The molecular weight excluding hydrogens is 164 g/mol. The molecule has 2 aliphatic heterocycles. The van der Waals surface area contributed by atoms with Crippen molar-refractivity contribution in [2.24, 2.45) is 0 Å². The van der Waals surface area contributed by atoms with Crippen LogP contribution in [0.2, 0.25) is 0 Å². The summed E-state index contributed by atoms with van der Waals surface area (Å²) in [5, 5.41) is 3.50. The lowest BCUT2D eigenvalue weighted by Gasteiger charge is -2.40. The summed E-state index contributed by atoms with van der Waals surface area (Å²) < 4.78 is 5.43. The Bertz CT molecular complexity index is 168. The lowest BCUT2D eigenvalue weighted by Crippen LogP contribution is -2.57. The number of rotatable bonds is 1. The minimum atomic E-state index is 0.636. The molecule has 13 heavy (non-hydrogen) atoms. The first-order chi connectivity index (χ1) is 6.27. The topological polar surface area (TPSA) is 24.5 Å². The normalized spacial score (nSPS) is 42.5. The second-order valence-corrected chi connectivity index (χ2v) is 4.37. The molecule has 0 spiro atoms. The van der Waals surface area contributed by atoms with Gasteiger partial charge in [-0.2, -0.15) is 0 Å². The fourth-order valence-electron chi connectivity index (χ4n) is 2.34. The molecule has 0 amide bonds. The highest BCUT2D eigenvalue weighted by Gasteiger charge is 2.30. The molecule has 1 N–H and O–H groups in total. The summed E-state index contributed by atoms with van der Waals surface area (Å²) in [6.07, 6.45) is 1.22. The molecule has 2 aliphatic rings. The van der Waals surface area contributed by atoms with Gasteiger partial charge in [0, 0.05) is 37.8 Å².